The number of rotatable bonds is 1. The van der Waals surface area contributed by atoms with Crippen LogP contribution in [0.15, 0.2) is 36.4 Å². The Morgan fingerprint density at radius 2 is 1.86 bits per heavy atom. The number of nitrogens with one attached hydrogen (secondary N) is 2. The van der Waals surface area contributed by atoms with Crippen molar-refractivity contribution in [1.82, 2.24) is 14.5 Å². The maximum Gasteiger partial charge on any atom is 0.182 e. The first-order valence-electron chi connectivity index (χ1n) is 6.47. The molecule has 0 bridgehead atoms. The number of H-pyrrole nitrogens is 2. The molecule has 0 aliphatic carbocycles. The predicted octanol–water partition coefficient (Wildman–Crippen LogP) is 5.27. The fourth-order valence-electron chi connectivity index (χ4n) is 2.62. The van der Waals surface area contributed by atoms with Crippen LogP contribution in [-0.4, -0.2) is 14.5 Å². The molecule has 104 valence electrons. The van der Waals surface area contributed by atoms with Gasteiger partial charge in [0.25, 0.3) is 0 Å². The molecule has 0 fully saturated rings. The first kappa shape index (κ1) is 12.9. The smallest absolute Gasteiger partial charge is 0.182 e. The summed E-state index contributed by atoms with van der Waals surface area (Å²) < 4.78 is 4.75. The molecule has 0 aliphatic heterocycles. The highest BCUT2D eigenvalue weighted by Gasteiger charge is 2.10. The number of thiazole rings is 1. The molecule has 2 aromatic carbocycles. The van der Waals surface area contributed by atoms with E-state index in [4.69, 9.17) is 24.4 Å². The van der Waals surface area contributed by atoms with Gasteiger partial charge in [-0.1, -0.05) is 12.1 Å². The number of hydrogen-bond acceptors (Lipinski definition) is 3. The zero-order valence-corrected chi connectivity index (χ0v) is 13.6. The Hall–Kier alpha value is -1.76. The van der Waals surface area contributed by atoms with Crippen molar-refractivity contribution in [2.75, 3.05) is 0 Å². The third kappa shape index (κ3) is 1.98. The Kier molecular flexibility index (Phi) is 2.85. The van der Waals surface area contributed by atoms with Gasteiger partial charge in [0.05, 0.1) is 26.9 Å². The first-order chi connectivity index (χ1) is 10.1. The summed E-state index contributed by atoms with van der Waals surface area (Å²) in [7, 11) is 0. The van der Waals surface area contributed by atoms with E-state index in [0.717, 1.165) is 26.2 Å². The van der Waals surface area contributed by atoms with Crippen LogP contribution < -0.4 is 0 Å². The third-order valence-corrected chi connectivity index (χ3v) is 5.05. The molecular formula is C15H11N3S3. The van der Waals surface area contributed by atoms with Gasteiger partial charge >= 0.3 is 0 Å². The molecule has 2 aromatic heterocycles. The van der Waals surface area contributed by atoms with Crippen LogP contribution in [-0.2, 0) is 0 Å². The van der Waals surface area contributed by atoms with Crippen molar-refractivity contribution < 1.29 is 0 Å². The Labute approximate surface area is 134 Å². The SMILES string of the molecule is Cc1cc2sc(=S)[nH]c2cc1-n1c(=S)[nH]c2ccccc21. The van der Waals surface area contributed by atoms with Crippen LogP contribution in [0.3, 0.4) is 0 Å². The molecule has 0 atom stereocenters. The van der Waals surface area contributed by atoms with Crippen LogP contribution in [0.1, 0.15) is 5.56 Å². The van der Waals surface area contributed by atoms with Crippen molar-refractivity contribution in [2.24, 2.45) is 0 Å². The highest BCUT2D eigenvalue weighted by atomic mass is 32.1. The zero-order chi connectivity index (χ0) is 14.6. The van der Waals surface area contributed by atoms with Crippen LogP contribution in [0.4, 0.5) is 0 Å². The Morgan fingerprint density at radius 3 is 2.71 bits per heavy atom. The van der Waals surface area contributed by atoms with Gasteiger partial charge in [0.1, 0.15) is 0 Å². The Balaban J connectivity index is 2.13. The van der Waals surface area contributed by atoms with Crippen LogP contribution in [0.25, 0.3) is 26.9 Å². The molecule has 0 saturated heterocycles. The molecule has 2 heterocycles. The summed E-state index contributed by atoms with van der Waals surface area (Å²) in [6, 6.07) is 12.4. The van der Waals surface area contributed by atoms with E-state index in [1.807, 2.05) is 18.2 Å². The van der Waals surface area contributed by atoms with Gasteiger partial charge in [-0.05, 0) is 61.2 Å². The Bertz CT molecular complexity index is 1090. The average Bonchev–Trinajstić information content (AvgIpc) is 2.95. The zero-order valence-electron chi connectivity index (χ0n) is 11.1. The molecule has 0 aliphatic rings. The van der Waals surface area contributed by atoms with Crippen LogP contribution >= 0.6 is 35.8 Å². The standard InChI is InChI=1S/C15H11N3S3/c1-8-6-13-10(17-15(20)21-13)7-12(8)18-11-5-3-2-4-9(11)16-14(18)19/h2-7H,1H3,(H,16,19)(H,17,20). The van der Waals surface area contributed by atoms with Crippen LogP contribution in [0.2, 0.25) is 0 Å². The van der Waals surface area contributed by atoms with E-state index < -0.39 is 0 Å². The minimum absolute atomic E-state index is 0.701. The van der Waals surface area contributed by atoms with E-state index >= 15 is 0 Å². The molecule has 6 heteroatoms. The minimum atomic E-state index is 0.701. The number of aromatic amines is 2. The molecule has 0 unspecified atom stereocenters. The van der Waals surface area contributed by atoms with Gasteiger partial charge in [-0.3, -0.25) is 4.57 Å². The lowest BCUT2D eigenvalue weighted by molar-refractivity contribution is 1.05. The number of aromatic nitrogens is 3. The van der Waals surface area contributed by atoms with Gasteiger partial charge in [-0.15, -0.1) is 11.3 Å². The molecule has 0 spiro atoms. The van der Waals surface area contributed by atoms with E-state index in [0.29, 0.717) is 4.77 Å². The lowest BCUT2D eigenvalue weighted by Crippen LogP contribution is -1.97. The van der Waals surface area contributed by atoms with Crippen molar-refractivity contribution in [2.45, 2.75) is 6.92 Å². The van der Waals surface area contributed by atoms with E-state index in [1.165, 1.54) is 10.3 Å². The third-order valence-electron chi connectivity index (χ3n) is 3.57. The van der Waals surface area contributed by atoms with Gasteiger partial charge in [0.15, 0.2) is 8.73 Å². The first-order valence-corrected chi connectivity index (χ1v) is 8.10. The fourth-order valence-corrected chi connectivity index (χ4v) is 4.12. The van der Waals surface area contributed by atoms with Gasteiger partial charge in [0, 0.05) is 0 Å². The average molecular weight is 329 g/mol. The van der Waals surface area contributed by atoms with E-state index in [1.54, 1.807) is 11.3 Å². The molecule has 4 rings (SSSR count). The van der Waals surface area contributed by atoms with Crippen LogP contribution in [0, 0.1) is 15.6 Å². The second-order valence-electron chi connectivity index (χ2n) is 4.93. The van der Waals surface area contributed by atoms with Crippen molar-refractivity contribution in [3.63, 3.8) is 0 Å². The maximum absolute atomic E-state index is 5.50. The molecule has 21 heavy (non-hydrogen) atoms. The van der Waals surface area contributed by atoms with Gasteiger partial charge < -0.3 is 9.97 Å². The quantitative estimate of drug-likeness (QED) is 0.467. The molecule has 4 aromatic rings. The predicted molar refractivity (Wildman–Crippen MR) is 93.8 cm³/mol. The number of aryl methyl sites for hydroxylation is 1. The molecular weight excluding hydrogens is 318 g/mol. The molecule has 3 nitrogen and oxygen atoms in total. The topological polar surface area (TPSA) is 36.5 Å². The number of fused-ring (bicyclic) bond motifs is 2. The highest BCUT2D eigenvalue weighted by molar-refractivity contribution is 7.73. The van der Waals surface area contributed by atoms with E-state index in [9.17, 15) is 0 Å². The van der Waals surface area contributed by atoms with Gasteiger partial charge in [0.2, 0.25) is 0 Å². The highest BCUT2D eigenvalue weighted by Crippen LogP contribution is 2.28. The lowest BCUT2D eigenvalue weighted by Gasteiger charge is -2.08. The fraction of sp³-hybridized carbons (Fsp3) is 0.0667. The maximum atomic E-state index is 5.50. The van der Waals surface area contributed by atoms with Crippen molar-refractivity contribution in [3.8, 4) is 5.69 Å². The van der Waals surface area contributed by atoms with E-state index in [2.05, 4.69) is 39.7 Å². The lowest BCUT2D eigenvalue weighted by atomic mass is 10.2. The summed E-state index contributed by atoms with van der Waals surface area (Å²) in [5.74, 6) is 0. The summed E-state index contributed by atoms with van der Waals surface area (Å²) in [5.41, 5.74) is 5.43. The van der Waals surface area contributed by atoms with Crippen LogP contribution in [0.5, 0.6) is 0 Å². The van der Waals surface area contributed by atoms with Crippen molar-refractivity contribution in [1.29, 1.82) is 0 Å². The summed E-state index contributed by atoms with van der Waals surface area (Å²) in [5, 5.41) is 0. The number of benzene rings is 2. The minimum Gasteiger partial charge on any atom is -0.337 e. The molecule has 0 amide bonds. The summed E-state index contributed by atoms with van der Waals surface area (Å²) in [6.07, 6.45) is 0. The number of nitrogens with zero attached hydrogens (tertiary/aromatic N) is 1. The summed E-state index contributed by atoms with van der Waals surface area (Å²) in [4.78, 5) is 6.49. The Morgan fingerprint density at radius 1 is 1.05 bits per heavy atom. The number of hydrogen-bond donors (Lipinski definition) is 2. The van der Waals surface area contributed by atoms with Crippen molar-refractivity contribution >= 4 is 57.0 Å². The number of para-hydroxylation sites is 2. The largest absolute Gasteiger partial charge is 0.337 e. The van der Waals surface area contributed by atoms with Gasteiger partial charge in [-0.25, -0.2) is 0 Å². The van der Waals surface area contributed by atoms with Gasteiger partial charge in [-0.2, -0.15) is 0 Å². The monoisotopic (exact) mass is 329 g/mol. The second-order valence-corrected chi connectivity index (χ2v) is 7.04. The molecule has 0 saturated carbocycles. The number of imidazole rings is 1. The summed E-state index contributed by atoms with van der Waals surface area (Å²) >= 11 is 12.3. The molecule has 0 radical (unpaired) electrons. The second kappa shape index (κ2) is 4.62. The van der Waals surface area contributed by atoms with Crippen molar-refractivity contribution in [3.05, 3.63) is 50.7 Å². The summed E-state index contributed by atoms with van der Waals surface area (Å²) in [6.45, 7) is 2.10. The van der Waals surface area contributed by atoms with E-state index in [-0.39, 0.29) is 0 Å². The normalized spacial score (nSPS) is 11.5. The molecule has 2 N–H and O–H groups in total.